The molecule has 0 unspecified atom stereocenters. The molecule has 0 atom stereocenters. The van der Waals surface area contributed by atoms with Crippen molar-refractivity contribution in [1.29, 1.82) is 0 Å². The highest BCUT2D eigenvalue weighted by Gasteiger charge is 2.18. The van der Waals surface area contributed by atoms with Gasteiger partial charge in [0.1, 0.15) is 0 Å². The van der Waals surface area contributed by atoms with E-state index in [9.17, 15) is 8.42 Å². The maximum Gasteiger partial charge on any atom is 0.216 e. The van der Waals surface area contributed by atoms with Gasteiger partial charge in [-0.1, -0.05) is 11.8 Å². The number of hydrogen-bond acceptors (Lipinski definition) is 5. The van der Waals surface area contributed by atoms with Crippen LogP contribution < -0.4 is 5.73 Å². The lowest BCUT2D eigenvalue weighted by Crippen LogP contribution is -2.30. The second-order valence-electron chi connectivity index (χ2n) is 3.87. The quantitative estimate of drug-likeness (QED) is 0.775. The summed E-state index contributed by atoms with van der Waals surface area (Å²) in [5.74, 6) is 5.68. The van der Waals surface area contributed by atoms with Crippen molar-refractivity contribution in [3.05, 3.63) is 21.9 Å². The Kier molecular flexibility index (Phi) is 6.48. The van der Waals surface area contributed by atoms with Crippen molar-refractivity contribution in [2.24, 2.45) is 5.73 Å². The van der Waals surface area contributed by atoms with Crippen LogP contribution in [-0.4, -0.2) is 45.8 Å². The van der Waals surface area contributed by atoms with Gasteiger partial charge in [-0.3, -0.25) is 0 Å². The second-order valence-corrected chi connectivity index (χ2v) is 7.06. The number of ether oxygens (including phenoxy) is 1. The summed E-state index contributed by atoms with van der Waals surface area (Å²) in [7, 11) is -0.221. The lowest BCUT2D eigenvalue weighted by atomic mass is 10.3. The Hall–Kier alpha value is -0.910. The summed E-state index contributed by atoms with van der Waals surface area (Å²) in [6.45, 7) is 0.863. The van der Waals surface area contributed by atoms with Gasteiger partial charge in [0.2, 0.25) is 10.0 Å². The van der Waals surface area contributed by atoms with Crippen LogP contribution in [-0.2, 0) is 21.3 Å². The van der Waals surface area contributed by atoms with Gasteiger partial charge in [-0.2, -0.15) is 4.31 Å². The van der Waals surface area contributed by atoms with Crippen molar-refractivity contribution >= 4 is 21.4 Å². The number of hydrogen-bond donors (Lipinski definition) is 1. The third-order valence-electron chi connectivity index (χ3n) is 2.39. The van der Waals surface area contributed by atoms with Crippen LogP contribution in [0.4, 0.5) is 0 Å². The van der Waals surface area contributed by atoms with E-state index >= 15 is 0 Å². The highest BCUT2D eigenvalue weighted by molar-refractivity contribution is 7.89. The van der Waals surface area contributed by atoms with Gasteiger partial charge in [-0.15, -0.1) is 11.3 Å². The van der Waals surface area contributed by atoms with E-state index in [4.69, 9.17) is 10.5 Å². The summed E-state index contributed by atoms with van der Waals surface area (Å²) in [6.07, 6.45) is 0. The molecule has 0 saturated carbocycles. The SMILES string of the molecule is COCCS(=O)(=O)N(C)Cc1cc(C#CCN)cs1. The highest BCUT2D eigenvalue weighted by Crippen LogP contribution is 2.17. The molecule has 1 aromatic heterocycles. The summed E-state index contributed by atoms with van der Waals surface area (Å²) in [6, 6.07) is 1.88. The molecule has 0 saturated heterocycles. The van der Waals surface area contributed by atoms with Gasteiger partial charge in [-0.05, 0) is 6.07 Å². The molecule has 1 aromatic rings. The number of nitrogens with two attached hydrogens (primary N) is 1. The first-order chi connectivity index (χ1) is 8.99. The van der Waals surface area contributed by atoms with Gasteiger partial charge in [0.25, 0.3) is 0 Å². The van der Waals surface area contributed by atoms with Crippen molar-refractivity contribution in [3.8, 4) is 11.8 Å². The topological polar surface area (TPSA) is 72.6 Å². The van der Waals surface area contributed by atoms with Crippen LogP contribution in [0.2, 0.25) is 0 Å². The van der Waals surface area contributed by atoms with E-state index in [2.05, 4.69) is 11.8 Å². The molecule has 0 spiro atoms. The standard InChI is InChI=1S/C12H18N2O3S2/c1-14(19(15,16)7-6-17-2)9-12-8-11(10-18-12)4-3-5-13/h8,10H,5-7,9,13H2,1-2H3. The molecule has 1 rings (SSSR count). The Morgan fingerprint density at radius 3 is 2.89 bits per heavy atom. The highest BCUT2D eigenvalue weighted by atomic mass is 32.2. The molecule has 0 fully saturated rings. The lowest BCUT2D eigenvalue weighted by Gasteiger charge is -2.15. The fraction of sp³-hybridized carbons (Fsp3) is 0.500. The summed E-state index contributed by atoms with van der Waals surface area (Å²) in [5.41, 5.74) is 6.17. The van der Waals surface area contributed by atoms with Crippen LogP contribution in [0, 0.1) is 11.8 Å². The monoisotopic (exact) mass is 302 g/mol. The van der Waals surface area contributed by atoms with Gasteiger partial charge < -0.3 is 10.5 Å². The van der Waals surface area contributed by atoms with Crippen LogP contribution in [0.1, 0.15) is 10.4 Å². The molecule has 0 bridgehead atoms. The minimum absolute atomic E-state index is 0.00872. The Morgan fingerprint density at radius 2 is 2.26 bits per heavy atom. The maximum atomic E-state index is 11.9. The molecule has 5 nitrogen and oxygen atoms in total. The molecule has 0 amide bonds. The van der Waals surface area contributed by atoms with E-state index in [-0.39, 0.29) is 12.4 Å². The Labute approximate surface area is 118 Å². The zero-order valence-corrected chi connectivity index (χ0v) is 12.7. The predicted octanol–water partition coefficient (Wildman–Crippen LogP) is 0.466. The van der Waals surface area contributed by atoms with Crippen LogP contribution in [0.3, 0.4) is 0 Å². The molecule has 7 heteroatoms. The third-order valence-corrected chi connectivity index (χ3v) is 5.07. The first-order valence-corrected chi connectivity index (χ1v) is 8.17. The lowest BCUT2D eigenvalue weighted by molar-refractivity contribution is 0.215. The molecule has 0 aliphatic carbocycles. The Balaban J connectivity index is 2.66. The number of methoxy groups -OCH3 is 1. The van der Waals surface area contributed by atoms with E-state index in [1.165, 1.54) is 22.8 Å². The molecule has 2 N–H and O–H groups in total. The summed E-state index contributed by atoms with van der Waals surface area (Å²) < 4.78 is 29.9. The van der Waals surface area contributed by atoms with Crippen molar-refractivity contribution < 1.29 is 13.2 Å². The van der Waals surface area contributed by atoms with Gasteiger partial charge in [-0.25, -0.2) is 8.42 Å². The molecule has 0 aliphatic rings. The Morgan fingerprint density at radius 1 is 1.53 bits per heavy atom. The van der Waals surface area contributed by atoms with Crippen LogP contribution >= 0.6 is 11.3 Å². The van der Waals surface area contributed by atoms with E-state index in [0.29, 0.717) is 13.1 Å². The fourth-order valence-corrected chi connectivity index (χ4v) is 3.32. The molecule has 0 radical (unpaired) electrons. The average molecular weight is 302 g/mol. The largest absolute Gasteiger partial charge is 0.384 e. The van der Waals surface area contributed by atoms with Gasteiger partial charge in [0.15, 0.2) is 0 Å². The van der Waals surface area contributed by atoms with E-state index in [1.807, 2.05) is 11.4 Å². The normalized spacial score (nSPS) is 11.4. The number of thiophene rings is 1. The molecule has 1 heterocycles. The van der Waals surface area contributed by atoms with Gasteiger partial charge in [0, 0.05) is 36.5 Å². The minimum atomic E-state index is -3.27. The van der Waals surface area contributed by atoms with Crippen molar-refractivity contribution in [2.75, 3.05) is 33.1 Å². The summed E-state index contributed by atoms with van der Waals surface area (Å²) in [4.78, 5) is 0.949. The fourth-order valence-electron chi connectivity index (χ4n) is 1.34. The zero-order chi connectivity index (χ0) is 14.3. The first kappa shape index (κ1) is 16.1. The predicted molar refractivity (Wildman–Crippen MR) is 77.4 cm³/mol. The second kappa shape index (κ2) is 7.62. The smallest absolute Gasteiger partial charge is 0.216 e. The molecular formula is C12H18N2O3S2. The van der Waals surface area contributed by atoms with Crippen LogP contribution in [0.15, 0.2) is 11.4 Å². The van der Waals surface area contributed by atoms with E-state index < -0.39 is 10.0 Å². The number of sulfonamides is 1. The van der Waals surface area contributed by atoms with E-state index in [0.717, 1.165) is 10.4 Å². The van der Waals surface area contributed by atoms with Crippen LogP contribution in [0.5, 0.6) is 0 Å². The van der Waals surface area contributed by atoms with Gasteiger partial charge >= 0.3 is 0 Å². The minimum Gasteiger partial charge on any atom is -0.384 e. The molecular weight excluding hydrogens is 284 g/mol. The average Bonchev–Trinajstić information content (AvgIpc) is 2.81. The molecule has 19 heavy (non-hydrogen) atoms. The third kappa shape index (κ3) is 5.30. The number of rotatable bonds is 6. The van der Waals surface area contributed by atoms with Crippen molar-refractivity contribution in [1.82, 2.24) is 4.31 Å². The molecule has 0 aliphatic heterocycles. The zero-order valence-electron chi connectivity index (χ0n) is 11.0. The van der Waals surface area contributed by atoms with Crippen LogP contribution in [0.25, 0.3) is 0 Å². The Bertz CT molecular complexity index is 555. The summed E-state index contributed by atoms with van der Waals surface area (Å²) in [5, 5.41) is 1.90. The molecule has 0 aromatic carbocycles. The van der Waals surface area contributed by atoms with Crippen molar-refractivity contribution in [3.63, 3.8) is 0 Å². The van der Waals surface area contributed by atoms with Gasteiger partial charge in [0.05, 0.1) is 18.9 Å². The maximum absolute atomic E-state index is 11.9. The number of nitrogens with zero attached hydrogens (tertiary/aromatic N) is 1. The first-order valence-electron chi connectivity index (χ1n) is 5.69. The van der Waals surface area contributed by atoms with E-state index in [1.54, 1.807) is 7.05 Å². The van der Waals surface area contributed by atoms with Crippen molar-refractivity contribution in [2.45, 2.75) is 6.54 Å². The summed E-state index contributed by atoms with van der Waals surface area (Å²) >= 11 is 1.49. The molecule has 106 valence electrons.